The van der Waals surface area contributed by atoms with Crippen LogP contribution in [0.15, 0.2) is 58.3 Å². The Morgan fingerprint density at radius 1 is 1.12 bits per heavy atom. The number of hydrogen-bond acceptors (Lipinski definition) is 4. The monoisotopic (exact) mass is 398 g/mol. The summed E-state index contributed by atoms with van der Waals surface area (Å²) < 4.78 is 5.27. The maximum atomic E-state index is 12.4. The molecular formula is C18H20Cl2N2O2S. The van der Waals surface area contributed by atoms with E-state index in [4.69, 9.17) is 22.1 Å². The third kappa shape index (κ3) is 5.12. The highest BCUT2D eigenvalue weighted by molar-refractivity contribution is 7.99. The van der Waals surface area contributed by atoms with Crippen LogP contribution >= 0.6 is 35.8 Å². The lowest BCUT2D eigenvalue weighted by molar-refractivity contribution is -0.124. The first-order valence-electron chi connectivity index (χ1n) is 7.77. The molecule has 1 amide bonds. The SMILES string of the molecule is Cl.NC1(C(=O)Nc2ccc(Sc3ccccc3Cl)cc2)CCOCC1. The van der Waals surface area contributed by atoms with Crippen LogP contribution in [0.1, 0.15) is 12.8 Å². The molecule has 1 fully saturated rings. The van der Waals surface area contributed by atoms with Crippen molar-refractivity contribution >= 4 is 47.4 Å². The summed E-state index contributed by atoms with van der Waals surface area (Å²) in [6.07, 6.45) is 1.08. The minimum Gasteiger partial charge on any atom is -0.381 e. The van der Waals surface area contributed by atoms with Crippen LogP contribution in [-0.4, -0.2) is 24.7 Å². The summed E-state index contributed by atoms with van der Waals surface area (Å²) in [5.74, 6) is -0.155. The Labute approximate surface area is 162 Å². The van der Waals surface area contributed by atoms with Crippen molar-refractivity contribution < 1.29 is 9.53 Å². The van der Waals surface area contributed by atoms with Crippen LogP contribution < -0.4 is 11.1 Å². The van der Waals surface area contributed by atoms with Gasteiger partial charge in [0, 0.05) is 28.7 Å². The van der Waals surface area contributed by atoms with Gasteiger partial charge in [-0.25, -0.2) is 0 Å². The van der Waals surface area contributed by atoms with E-state index in [1.54, 1.807) is 11.8 Å². The fourth-order valence-electron chi connectivity index (χ4n) is 2.48. The van der Waals surface area contributed by atoms with E-state index in [1.165, 1.54) is 0 Å². The van der Waals surface area contributed by atoms with Crippen LogP contribution in [-0.2, 0) is 9.53 Å². The normalized spacial score (nSPS) is 15.9. The van der Waals surface area contributed by atoms with E-state index >= 15 is 0 Å². The molecule has 7 heteroatoms. The zero-order valence-corrected chi connectivity index (χ0v) is 15.9. The molecule has 4 nitrogen and oxygen atoms in total. The second-order valence-electron chi connectivity index (χ2n) is 5.78. The maximum absolute atomic E-state index is 12.4. The summed E-state index contributed by atoms with van der Waals surface area (Å²) in [6.45, 7) is 1.05. The smallest absolute Gasteiger partial charge is 0.244 e. The summed E-state index contributed by atoms with van der Waals surface area (Å²) in [5, 5.41) is 3.63. The minimum atomic E-state index is -0.844. The van der Waals surface area contributed by atoms with Crippen LogP contribution in [0.5, 0.6) is 0 Å². The second-order valence-corrected chi connectivity index (χ2v) is 7.30. The van der Waals surface area contributed by atoms with E-state index in [2.05, 4.69) is 5.32 Å². The lowest BCUT2D eigenvalue weighted by Crippen LogP contribution is -2.54. The Balaban J connectivity index is 0.00000225. The zero-order chi connectivity index (χ0) is 17.0. The van der Waals surface area contributed by atoms with Crippen molar-refractivity contribution in [3.05, 3.63) is 53.6 Å². The van der Waals surface area contributed by atoms with Gasteiger partial charge in [-0.3, -0.25) is 4.79 Å². The number of halogens is 2. The van der Waals surface area contributed by atoms with Gasteiger partial charge in [0.2, 0.25) is 5.91 Å². The van der Waals surface area contributed by atoms with Crippen molar-refractivity contribution in [1.82, 2.24) is 0 Å². The lowest BCUT2D eigenvalue weighted by Gasteiger charge is -2.31. The van der Waals surface area contributed by atoms with Crippen molar-refractivity contribution in [2.45, 2.75) is 28.2 Å². The average Bonchev–Trinajstić information content (AvgIpc) is 2.59. The standard InChI is InChI=1S/C18H19ClN2O2S.ClH/c19-15-3-1-2-4-16(15)24-14-7-5-13(6-8-14)21-17(22)18(20)9-11-23-12-10-18;/h1-8H,9-12,20H2,(H,21,22);1H. The first kappa shape index (κ1) is 20.1. The molecule has 1 aliphatic heterocycles. The molecule has 1 saturated heterocycles. The number of nitrogens with two attached hydrogens (primary N) is 1. The molecule has 134 valence electrons. The molecule has 0 radical (unpaired) electrons. The van der Waals surface area contributed by atoms with Crippen LogP contribution in [0.3, 0.4) is 0 Å². The minimum absolute atomic E-state index is 0. The molecule has 0 atom stereocenters. The molecule has 1 aliphatic rings. The Bertz CT molecular complexity index is 719. The molecule has 3 rings (SSSR count). The third-order valence-corrected chi connectivity index (χ3v) is 5.54. The van der Waals surface area contributed by atoms with Gasteiger partial charge in [-0.2, -0.15) is 0 Å². The molecule has 25 heavy (non-hydrogen) atoms. The van der Waals surface area contributed by atoms with E-state index in [9.17, 15) is 4.79 Å². The van der Waals surface area contributed by atoms with Crippen LogP contribution in [0.2, 0.25) is 5.02 Å². The molecule has 1 heterocycles. The summed E-state index contributed by atoms with van der Waals surface area (Å²) in [5.41, 5.74) is 6.08. The number of carbonyl (C=O) groups is 1. The molecule has 0 aliphatic carbocycles. The Morgan fingerprint density at radius 3 is 2.40 bits per heavy atom. The van der Waals surface area contributed by atoms with Gasteiger partial charge < -0.3 is 15.8 Å². The Morgan fingerprint density at radius 2 is 1.76 bits per heavy atom. The quantitative estimate of drug-likeness (QED) is 0.802. The molecule has 0 unspecified atom stereocenters. The summed E-state index contributed by atoms with van der Waals surface area (Å²) in [7, 11) is 0. The van der Waals surface area contributed by atoms with Gasteiger partial charge in [0.15, 0.2) is 0 Å². The maximum Gasteiger partial charge on any atom is 0.244 e. The highest BCUT2D eigenvalue weighted by Gasteiger charge is 2.35. The molecule has 2 aromatic carbocycles. The number of carbonyl (C=O) groups excluding carboxylic acids is 1. The third-order valence-electron chi connectivity index (χ3n) is 4.01. The van der Waals surface area contributed by atoms with E-state index in [1.807, 2.05) is 48.5 Å². The molecule has 0 bridgehead atoms. The number of amides is 1. The number of hydrogen-bond donors (Lipinski definition) is 2. The number of benzene rings is 2. The number of rotatable bonds is 4. The summed E-state index contributed by atoms with van der Waals surface area (Å²) >= 11 is 7.76. The molecule has 0 saturated carbocycles. The van der Waals surface area contributed by atoms with Gasteiger partial charge in [-0.1, -0.05) is 35.5 Å². The van der Waals surface area contributed by atoms with Crippen molar-refractivity contribution in [2.24, 2.45) is 5.73 Å². The first-order chi connectivity index (χ1) is 11.6. The molecule has 0 spiro atoms. The van der Waals surface area contributed by atoms with E-state index in [-0.39, 0.29) is 18.3 Å². The number of ether oxygens (including phenoxy) is 1. The second kappa shape index (κ2) is 8.92. The molecule has 0 aromatic heterocycles. The lowest BCUT2D eigenvalue weighted by atomic mass is 9.90. The van der Waals surface area contributed by atoms with Gasteiger partial charge in [0.05, 0.1) is 5.02 Å². The van der Waals surface area contributed by atoms with Crippen molar-refractivity contribution in [2.75, 3.05) is 18.5 Å². The largest absolute Gasteiger partial charge is 0.381 e. The topological polar surface area (TPSA) is 64.4 Å². The number of nitrogens with one attached hydrogen (secondary N) is 1. The van der Waals surface area contributed by atoms with Crippen LogP contribution in [0.25, 0.3) is 0 Å². The van der Waals surface area contributed by atoms with Crippen molar-refractivity contribution in [1.29, 1.82) is 0 Å². The van der Waals surface area contributed by atoms with Gasteiger partial charge in [-0.05, 0) is 49.2 Å². The molecule has 2 aromatic rings. The molecule has 3 N–H and O–H groups in total. The fraction of sp³-hybridized carbons (Fsp3) is 0.278. The zero-order valence-electron chi connectivity index (χ0n) is 13.5. The Hall–Kier alpha value is -1.24. The van der Waals surface area contributed by atoms with Gasteiger partial charge in [0.25, 0.3) is 0 Å². The van der Waals surface area contributed by atoms with Crippen molar-refractivity contribution in [3.63, 3.8) is 0 Å². The van der Waals surface area contributed by atoms with E-state index in [0.29, 0.717) is 26.1 Å². The van der Waals surface area contributed by atoms with Crippen LogP contribution in [0.4, 0.5) is 5.69 Å². The highest BCUT2D eigenvalue weighted by atomic mass is 35.5. The summed E-state index contributed by atoms with van der Waals surface area (Å²) in [6, 6.07) is 15.4. The van der Waals surface area contributed by atoms with E-state index < -0.39 is 5.54 Å². The van der Waals surface area contributed by atoms with Crippen molar-refractivity contribution in [3.8, 4) is 0 Å². The Kier molecular flexibility index (Phi) is 7.16. The number of anilines is 1. The summed E-state index contributed by atoms with van der Waals surface area (Å²) in [4.78, 5) is 14.4. The average molecular weight is 399 g/mol. The van der Waals surface area contributed by atoms with Gasteiger partial charge >= 0.3 is 0 Å². The van der Waals surface area contributed by atoms with Gasteiger partial charge in [-0.15, -0.1) is 12.4 Å². The predicted octanol–water partition coefficient (Wildman–Crippen LogP) is 4.36. The fourth-order valence-corrected chi connectivity index (χ4v) is 3.57. The van der Waals surface area contributed by atoms with Gasteiger partial charge in [0.1, 0.15) is 5.54 Å². The van der Waals surface area contributed by atoms with Crippen LogP contribution in [0, 0.1) is 0 Å². The highest BCUT2D eigenvalue weighted by Crippen LogP contribution is 2.33. The molecular weight excluding hydrogens is 379 g/mol. The predicted molar refractivity (Wildman–Crippen MR) is 105 cm³/mol. The van der Waals surface area contributed by atoms with E-state index in [0.717, 1.165) is 20.5 Å². The first-order valence-corrected chi connectivity index (χ1v) is 8.97.